The minimum Gasteiger partial charge on any atom is -0.489 e. The predicted molar refractivity (Wildman–Crippen MR) is 156 cm³/mol. The molecule has 4 aliphatic carbocycles. The molecule has 0 bridgehead atoms. The van der Waals surface area contributed by atoms with E-state index in [4.69, 9.17) is 9.47 Å². The van der Waals surface area contributed by atoms with Crippen LogP contribution in [0.3, 0.4) is 0 Å². The Morgan fingerprint density at radius 1 is 1.05 bits per heavy atom. The molecular formula is C35H36F2O7. The van der Waals surface area contributed by atoms with Gasteiger partial charge in [-0.25, -0.2) is 13.6 Å². The average molecular weight is 607 g/mol. The monoisotopic (exact) mass is 606 g/mol. The summed E-state index contributed by atoms with van der Waals surface area (Å²) in [5.74, 6) is -3.18. The zero-order valence-electron chi connectivity index (χ0n) is 24.7. The Labute approximate surface area is 254 Å². The molecule has 0 aliphatic heterocycles. The van der Waals surface area contributed by atoms with Gasteiger partial charge in [0.1, 0.15) is 25.1 Å². The molecule has 7 nitrogen and oxygen atoms in total. The van der Waals surface area contributed by atoms with Gasteiger partial charge in [-0.15, -0.1) is 0 Å². The lowest BCUT2D eigenvalue weighted by Gasteiger charge is -2.63. The van der Waals surface area contributed by atoms with Crippen molar-refractivity contribution < 1.29 is 42.9 Å². The van der Waals surface area contributed by atoms with Crippen molar-refractivity contribution in [3.63, 3.8) is 0 Å². The molecule has 44 heavy (non-hydrogen) atoms. The first-order chi connectivity index (χ1) is 20.9. The van der Waals surface area contributed by atoms with Crippen LogP contribution in [0.5, 0.6) is 5.75 Å². The molecule has 2 aromatic carbocycles. The van der Waals surface area contributed by atoms with Gasteiger partial charge in [-0.1, -0.05) is 43.3 Å². The Morgan fingerprint density at radius 3 is 2.43 bits per heavy atom. The maximum atomic E-state index is 17.4. The van der Waals surface area contributed by atoms with Gasteiger partial charge in [-0.3, -0.25) is 9.59 Å². The molecule has 9 heteroatoms. The summed E-state index contributed by atoms with van der Waals surface area (Å²) in [6, 6.07) is 15.8. The Hall–Kier alpha value is -3.69. The standard InChI is InChI=1S/C35H36F2O7/c1-32-14-12-23(39)16-27(32)28(36)17-26-25-13-15-34(30(41)19-38,33(25,2)18-29(40)35(26,32)37)44-31(42)22-8-10-24(11-9-22)43-20-21-6-4-3-5-7-21/h3-12,14,16,25-26,28-29,38,40H,13,15,17-20H2,1-2H3/t25-,26-,28-,29-,32-,33-,34-,35-/m0/s1. The van der Waals surface area contributed by atoms with Gasteiger partial charge in [0.15, 0.2) is 17.1 Å². The molecule has 3 saturated carbocycles. The Morgan fingerprint density at radius 2 is 1.75 bits per heavy atom. The van der Waals surface area contributed by atoms with E-state index in [2.05, 4.69) is 0 Å². The number of hydrogen-bond donors (Lipinski definition) is 2. The van der Waals surface area contributed by atoms with Crippen molar-refractivity contribution in [2.45, 2.75) is 69.7 Å². The first-order valence-electron chi connectivity index (χ1n) is 15.0. The number of halogens is 2. The number of alkyl halides is 2. The van der Waals surface area contributed by atoms with Crippen LogP contribution in [0.4, 0.5) is 8.78 Å². The SMILES string of the molecule is C[C@]12C=CC(=O)C=C1[C@@H](F)C[C@H]1[C@@H]3CC[C@](OC(=O)c4ccc(OCc5ccccc5)cc4)(C(=O)CO)[C@@]3(C)C[C@H](O)[C@@]12F. The van der Waals surface area contributed by atoms with Gasteiger partial charge < -0.3 is 19.7 Å². The third kappa shape index (κ3) is 4.30. The van der Waals surface area contributed by atoms with E-state index < -0.39 is 70.4 Å². The number of esters is 1. The van der Waals surface area contributed by atoms with Crippen molar-refractivity contribution in [2.75, 3.05) is 6.61 Å². The summed E-state index contributed by atoms with van der Waals surface area (Å²) in [4.78, 5) is 39.1. The van der Waals surface area contributed by atoms with Gasteiger partial charge in [0.25, 0.3) is 0 Å². The summed E-state index contributed by atoms with van der Waals surface area (Å²) < 4.78 is 45.0. The second-order valence-electron chi connectivity index (χ2n) is 13.0. The summed E-state index contributed by atoms with van der Waals surface area (Å²) in [6.07, 6.45) is 0.0174. The van der Waals surface area contributed by atoms with Crippen LogP contribution in [0.25, 0.3) is 0 Å². The molecule has 0 heterocycles. The number of carbonyl (C=O) groups is 3. The first-order valence-corrected chi connectivity index (χ1v) is 15.0. The third-order valence-electron chi connectivity index (χ3n) is 10.9. The Kier molecular flexibility index (Phi) is 7.40. The van der Waals surface area contributed by atoms with Gasteiger partial charge in [0.05, 0.1) is 11.7 Å². The molecule has 0 unspecified atom stereocenters. The molecular weight excluding hydrogens is 570 g/mol. The lowest BCUT2D eigenvalue weighted by Crippen LogP contribution is -2.70. The van der Waals surface area contributed by atoms with Crippen molar-refractivity contribution >= 4 is 17.5 Å². The van der Waals surface area contributed by atoms with E-state index in [1.807, 2.05) is 30.3 Å². The fourth-order valence-corrected chi connectivity index (χ4v) is 8.65. The minimum absolute atomic E-state index is 0.00437. The van der Waals surface area contributed by atoms with Crippen LogP contribution in [0, 0.1) is 22.7 Å². The first kappa shape index (κ1) is 30.3. The maximum absolute atomic E-state index is 17.4. The van der Waals surface area contributed by atoms with Crippen LogP contribution in [0.1, 0.15) is 55.5 Å². The number of ether oxygens (including phenoxy) is 2. The van der Waals surface area contributed by atoms with Gasteiger partial charge in [0, 0.05) is 16.7 Å². The molecule has 6 rings (SSSR count). The van der Waals surface area contributed by atoms with Crippen molar-refractivity contribution in [2.24, 2.45) is 22.7 Å². The van der Waals surface area contributed by atoms with E-state index >= 15 is 8.78 Å². The third-order valence-corrected chi connectivity index (χ3v) is 10.9. The molecule has 0 saturated heterocycles. The van der Waals surface area contributed by atoms with Crippen LogP contribution in [0.15, 0.2) is 78.4 Å². The van der Waals surface area contributed by atoms with E-state index in [-0.39, 0.29) is 36.8 Å². The van der Waals surface area contributed by atoms with Crippen LogP contribution in [-0.2, 0) is 20.9 Å². The highest BCUT2D eigenvalue weighted by molar-refractivity contribution is 6.01. The number of aliphatic hydroxyl groups is 2. The van der Waals surface area contributed by atoms with Gasteiger partial charge in [0.2, 0.25) is 5.78 Å². The fraction of sp³-hybridized carbons (Fsp3) is 0.457. The second kappa shape index (κ2) is 10.7. The number of carbonyl (C=O) groups excluding carboxylic acids is 3. The number of rotatable bonds is 7. The molecule has 2 N–H and O–H groups in total. The van der Waals surface area contributed by atoms with Crippen molar-refractivity contribution in [1.29, 1.82) is 0 Å². The molecule has 2 aromatic rings. The van der Waals surface area contributed by atoms with Gasteiger partial charge in [-0.05, 0) is 86.1 Å². The van der Waals surface area contributed by atoms with Crippen molar-refractivity contribution in [3.05, 3.63) is 89.5 Å². The summed E-state index contributed by atoms with van der Waals surface area (Å²) in [5.41, 5.74) is -5.95. The number of ketones is 2. The quantitative estimate of drug-likeness (QED) is 0.425. The highest BCUT2D eigenvalue weighted by Crippen LogP contribution is 2.70. The Balaban J connectivity index is 1.28. The number of fused-ring (bicyclic) bond motifs is 5. The topological polar surface area (TPSA) is 110 Å². The molecule has 232 valence electrons. The maximum Gasteiger partial charge on any atom is 0.339 e. The summed E-state index contributed by atoms with van der Waals surface area (Å²) in [7, 11) is 0. The smallest absolute Gasteiger partial charge is 0.339 e. The predicted octanol–water partition coefficient (Wildman–Crippen LogP) is 5.04. The number of benzene rings is 2. The van der Waals surface area contributed by atoms with E-state index in [1.54, 1.807) is 19.1 Å². The Bertz CT molecular complexity index is 1540. The highest BCUT2D eigenvalue weighted by Gasteiger charge is 2.76. The zero-order valence-corrected chi connectivity index (χ0v) is 24.7. The van der Waals surface area contributed by atoms with Gasteiger partial charge >= 0.3 is 5.97 Å². The number of aliphatic hydroxyl groups excluding tert-OH is 2. The van der Waals surface area contributed by atoms with Crippen molar-refractivity contribution in [3.8, 4) is 5.75 Å². The van der Waals surface area contributed by atoms with Crippen LogP contribution in [0.2, 0.25) is 0 Å². The number of hydrogen-bond acceptors (Lipinski definition) is 7. The average Bonchev–Trinajstić information content (AvgIpc) is 3.30. The summed E-state index contributed by atoms with van der Waals surface area (Å²) in [5, 5.41) is 21.6. The molecule has 4 aliphatic rings. The normalized spacial score (nSPS) is 37.3. The molecule has 8 atom stereocenters. The molecule has 0 spiro atoms. The van der Waals surface area contributed by atoms with Crippen molar-refractivity contribution in [1.82, 2.24) is 0 Å². The largest absolute Gasteiger partial charge is 0.489 e. The van der Waals surface area contributed by atoms with E-state index in [0.717, 1.165) is 11.6 Å². The molecule has 0 radical (unpaired) electrons. The lowest BCUT2D eigenvalue weighted by atomic mass is 9.44. The van der Waals surface area contributed by atoms with E-state index in [0.29, 0.717) is 12.4 Å². The minimum atomic E-state index is -2.33. The van der Waals surface area contributed by atoms with E-state index in [9.17, 15) is 24.6 Å². The fourth-order valence-electron chi connectivity index (χ4n) is 8.65. The molecule has 3 fully saturated rings. The van der Waals surface area contributed by atoms with Crippen LogP contribution in [-0.4, -0.2) is 57.9 Å². The highest BCUT2D eigenvalue weighted by atomic mass is 19.1. The second-order valence-corrected chi connectivity index (χ2v) is 13.0. The number of allylic oxidation sites excluding steroid dienone is 4. The van der Waals surface area contributed by atoms with Crippen LogP contribution < -0.4 is 4.74 Å². The number of Topliss-reactive ketones (excluding diaryl/α,β-unsaturated/α-hetero) is 1. The van der Waals surface area contributed by atoms with Gasteiger partial charge in [-0.2, -0.15) is 0 Å². The summed E-state index contributed by atoms with van der Waals surface area (Å²) in [6.45, 7) is 2.57. The molecule has 0 aromatic heterocycles. The lowest BCUT2D eigenvalue weighted by molar-refractivity contribution is -0.222. The zero-order chi connectivity index (χ0) is 31.5. The van der Waals surface area contributed by atoms with Crippen LogP contribution >= 0.6 is 0 Å². The molecule has 0 amide bonds. The summed E-state index contributed by atoms with van der Waals surface area (Å²) >= 11 is 0. The van der Waals surface area contributed by atoms with E-state index in [1.165, 1.54) is 31.2 Å².